The molecule has 1 aliphatic heterocycles. The molecule has 2 N–H and O–H groups in total. The molecule has 1 aromatic heterocycles. The number of nitrogens with zero attached hydrogens (tertiary/aromatic N) is 1. The molecule has 0 saturated carbocycles. The maximum absolute atomic E-state index is 12.9. The van der Waals surface area contributed by atoms with E-state index in [0.717, 1.165) is 37.2 Å². The van der Waals surface area contributed by atoms with Gasteiger partial charge in [-0.2, -0.15) is 0 Å². The van der Waals surface area contributed by atoms with Crippen molar-refractivity contribution >= 4 is 17.7 Å². The third-order valence-corrected chi connectivity index (χ3v) is 5.18. The van der Waals surface area contributed by atoms with E-state index in [1.54, 1.807) is 0 Å². The summed E-state index contributed by atoms with van der Waals surface area (Å²) in [6, 6.07) is 0. The topological polar surface area (TPSA) is 91.5 Å². The van der Waals surface area contributed by atoms with E-state index in [4.69, 9.17) is 4.74 Å². The number of hydrogen-bond donors (Lipinski definition) is 2. The number of carbonyl (C=O) groups is 3. The van der Waals surface area contributed by atoms with Gasteiger partial charge in [-0.15, -0.1) is 0 Å². The average Bonchev–Trinajstić information content (AvgIpc) is 2.95. The van der Waals surface area contributed by atoms with Crippen molar-refractivity contribution in [2.75, 3.05) is 26.2 Å². The number of nitrogens with one attached hydrogen (secondary N) is 2. The zero-order valence-corrected chi connectivity index (χ0v) is 18.6. The van der Waals surface area contributed by atoms with Crippen LogP contribution < -0.4 is 5.32 Å². The van der Waals surface area contributed by atoms with Gasteiger partial charge in [0.2, 0.25) is 0 Å². The van der Waals surface area contributed by atoms with Gasteiger partial charge < -0.3 is 15.0 Å². The minimum absolute atomic E-state index is 0.0122. The van der Waals surface area contributed by atoms with Crippen LogP contribution in [0, 0.1) is 12.8 Å². The van der Waals surface area contributed by atoms with Crippen LogP contribution in [0.25, 0.3) is 0 Å². The summed E-state index contributed by atoms with van der Waals surface area (Å²) in [5, 5.41) is 2.84. The van der Waals surface area contributed by atoms with E-state index in [-0.39, 0.29) is 17.5 Å². The van der Waals surface area contributed by atoms with Crippen LogP contribution in [-0.4, -0.2) is 59.3 Å². The number of alkyl carbamates (subject to hydrolysis) is 1. The minimum atomic E-state index is -0.515. The van der Waals surface area contributed by atoms with Crippen LogP contribution in [0.4, 0.5) is 4.79 Å². The van der Waals surface area contributed by atoms with Gasteiger partial charge in [0.05, 0.1) is 12.2 Å². The first-order chi connectivity index (χ1) is 13.5. The molecule has 7 heteroatoms. The number of H-pyrrole nitrogens is 1. The molecule has 0 aliphatic carbocycles. The lowest BCUT2D eigenvalue weighted by atomic mass is 9.97. The van der Waals surface area contributed by atoms with E-state index < -0.39 is 11.7 Å². The Morgan fingerprint density at radius 2 is 1.97 bits per heavy atom. The second-order valence-electron chi connectivity index (χ2n) is 8.94. The summed E-state index contributed by atoms with van der Waals surface area (Å²) in [4.78, 5) is 42.0. The maximum atomic E-state index is 12.9. The monoisotopic (exact) mass is 405 g/mol. The van der Waals surface area contributed by atoms with Crippen LogP contribution in [0.15, 0.2) is 0 Å². The lowest BCUT2D eigenvalue weighted by molar-refractivity contribution is 0.0504. The van der Waals surface area contributed by atoms with Crippen LogP contribution >= 0.6 is 0 Å². The Morgan fingerprint density at radius 1 is 1.28 bits per heavy atom. The first-order valence-corrected chi connectivity index (χ1v) is 10.5. The van der Waals surface area contributed by atoms with Crippen molar-refractivity contribution in [2.45, 2.75) is 66.4 Å². The van der Waals surface area contributed by atoms with Crippen LogP contribution in [0.2, 0.25) is 0 Å². The van der Waals surface area contributed by atoms with Crippen molar-refractivity contribution < 1.29 is 19.1 Å². The Kier molecular flexibility index (Phi) is 7.63. The Labute approximate surface area is 173 Å². The lowest BCUT2D eigenvalue weighted by Crippen LogP contribution is -2.43. The first kappa shape index (κ1) is 23.1. The van der Waals surface area contributed by atoms with E-state index in [9.17, 15) is 14.4 Å². The number of Topliss-reactive ketones (excluding diaryl/α,β-unsaturated/α-hetero) is 2. The predicted molar refractivity (Wildman–Crippen MR) is 113 cm³/mol. The van der Waals surface area contributed by atoms with Crippen LogP contribution in [0.3, 0.4) is 0 Å². The highest BCUT2D eigenvalue weighted by Crippen LogP contribution is 2.22. The van der Waals surface area contributed by atoms with Crippen molar-refractivity contribution in [2.24, 2.45) is 5.92 Å². The molecule has 1 aromatic rings. The van der Waals surface area contributed by atoms with Gasteiger partial charge in [0, 0.05) is 24.3 Å². The van der Waals surface area contributed by atoms with Gasteiger partial charge in [-0.25, -0.2) is 4.79 Å². The summed E-state index contributed by atoms with van der Waals surface area (Å²) in [5.41, 5.74) is 2.27. The zero-order chi connectivity index (χ0) is 21.8. The fraction of sp³-hybridized carbons (Fsp3) is 0.682. The van der Waals surface area contributed by atoms with Crippen LogP contribution in [-0.2, 0) is 11.2 Å². The zero-order valence-electron chi connectivity index (χ0n) is 18.6. The summed E-state index contributed by atoms with van der Waals surface area (Å²) in [5.74, 6) is 0.284. The number of ether oxygens (including phenoxy) is 1. The Hall–Kier alpha value is -2.15. The number of aromatic amines is 1. The third kappa shape index (κ3) is 6.42. The molecule has 162 valence electrons. The largest absolute Gasteiger partial charge is 0.444 e. The van der Waals surface area contributed by atoms with Gasteiger partial charge in [-0.1, -0.05) is 6.92 Å². The number of amides is 1. The molecule has 2 heterocycles. The number of rotatable bonds is 7. The summed E-state index contributed by atoms with van der Waals surface area (Å²) in [6.45, 7) is 13.3. The molecule has 1 unspecified atom stereocenters. The van der Waals surface area contributed by atoms with Gasteiger partial charge in [0.25, 0.3) is 0 Å². The number of piperidine rings is 1. The van der Waals surface area contributed by atoms with Crippen molar-refractivity contribution in [1.82, 2.24) is 15.2 Å². The normalized spacial score (nSPS) is 17.8. The summed E-state index contributed by atoms with van der Waals surface area (Å²) in [6.07, 6.45) is 2.23. The number of aryl methyl sites for hydroxylation is 1. The minimum Gasteiger partial charge on any atom is -0.444 e. The van der Waals surface area contributed by atoms with Gasteiger partial charge in [-0.05, 0) is 71.9 Å². The average molecular weight is 406 g/mol. The molecule has 7 nitrogen and oxygen atoms in total. The Balaban J connectivity index is 1.95. The van der Waals surface area contributed by atoms with Crippen molar-refractivity contribution in [3.05, 3.63) is 22.5 Å². The highest BCUT2D eigenvalue weighted by Gasteiger charge is 2.26. The fourth-order valence-corrected chi connectivity index (χ4v) is 4.03. The summed E-state index contributed by atoms with van der Waals surface area (Å²) >= 11 is 0. The SMILES string of the molecule is CCc1c(C(=O)CN2CCCC(CNC(=O)OC(C)(C)C)C2)[nH]c(C)c1C(C)=O. The van der Waals surface area contributed by atoms with Crippen molar-refractivity contribution in [1.29, 1.82) is 0 Å². The highest BCUT2D eigenvalue weighted by atomic mass is 16.6. The number of carbonyl (C=O) groups excluding carboxylic acids is 3. The quantitative estimate of drug-likeness (QED) is 0.678. The summed E-state index contributed by atoms with van der Waals surface area (Å²) < 4.78 is 5.29. The van der Waals surface area contributed by atoms with E-state index in [2.05, 4.69) is 15.2 Å². The molecule has 1 amide bonds. The number of aromatic nitrogens is 1. The van der Waals surface area contributed by atoms with Gasteiger partial charge in [0.1, 0.15) is 5.60 Å². The molecular formula is C22H35N3O4. The Bertz CT molecular complexity index is 761. The highest BCUT2D eigenvalue weighted by molar-refractivity contribution is 6.04. The second-order valence-corrected chi connectivity index (χ2v) is 8.94. The molecule has 1 fully saturated rings. The Morgan fingerprint density at radius 3 is 2.55 bits per heavy atom. The molecule has 2 rings (SSSR count). The molecule has 0 spiro atoms. The van der Waals surface area contributed by atoms with E-state index >= 15 is 0 Å². The predicted octanol–water partition coefficient (Wildman–Crippen LogP) is 3.51. The molecular weight excluding hydrogens is 370 g/mol. The lowest BCUT2D eigenvalue weighted by Gasteiger charge is -2.32. The molecule has 0 aromatic carbocycles. The molecule has 0 radical (unpaired) electrons. The number of ketones is 2. The van der Waals surface area contributed by atoms with Crippen LogP contribution in [0.1, 0.15) is 79.6 Å². The molecule has 1 saturated heterocycles. The number of likely N-dealkylation sites (tertiary alicyclic amines) is 1. The van der Waals surface area contributed by atoms with Crippen LogP contribution in [0.5, 0.6) is 0 Å². The molecule has 0 bridgehead atoms. The standard InChI is InChI=1S/C22H35N3O4/c1-7-17-19(15(3)26)14(2)24-20(17)18(27)13-25-10-8-9-16(12-25)11-23-21(28)29-22(4,5)6/h16,24H,7-13H2,1-6H3,(H,23,28). The van der Waals surface area contributed by atoms with E-state index in [1.165, 1.54) is 6.92 Å². The van der Waals surface area contributed by atoms with Gasteiger partial charge in [0.15, 0.2) is 11.6 Å². The fourth-order valence-electron chi connectivity index (χ4n) is 4.03. The third-order valence-electron chi connectivity index (χ3n) is 5.18. The number of hydrogen-bond acceptors (Lipinski definition) is 5. The molecule has 1 aliphatic rings. The van der Waals surface area contributed by atoms with Gasteiger partial charge in [-0.3, -0.25) is 14.5 Å². The smallest absolute Gasteiger partial charge is 0.407 e. The second kappa shape index (κ2) is 9.57. The van der Waals surface area contributed by atoms with Crippen molar-refractivity contribution in [3.8, 4) is 0 Å². The van der Waals surface area contributed by atoms with E-state index in [0.29, 0.717) is 30.8 Å². The summed E-state index contributed by atoms with van der Waals surface area (Å²) in [7, 11) is 0. The first-order valence-electron chi connectivity index (χ1n) is 10.5. The molecule has 29 heavy (non-hydrogen) atoms. The van der Waals surface area contributed by atoms with E-state index in [1.807, 2.05) is 34.6 Å². The van der Waals surface area contributed by atoms with Gasteiger partial charge >= 0.3 is 6.09 Å². The maximum Gasteiger partial charge on any atom is 0.407 e. The van der Waals surface area contributed by atoms with Crippen molar-refractivity contribution in [3.63, 3.8) is 0 Å². The molecule has 1 atom stereocenters.